The largest absolute Gasteiger partial charge is 0.444 e. The van der Waals surface area contributed by atoms with Crippen LogP contribution in [0.15, 0.2) is 60.7 Å². The van der Waals surface area contributed by atoms with Gasteiger partial charge in [0.15, 0.2) is 0 Å². The number of ether oxygens (including phenoxy) is 1. The average Bonchev–Trinajstić information content (AvgIpc) is 2.71. The Kier molecular flexibility index (Phi) is 6.98. The molecule has 144 valence electrons. The van der Waals surface area contributed by atoms with Gasteiger partial charge in [0.1, 0.15) is 0 Å². The predicted octanol–water partition coefficient (Wildman–Crippen LogP) is 2.35. The Bertz CT molecular complexity index is 894. The summed E-state index contributed by atoms with van der Waals surface area (Å²) in [5, 5.41) is 15.0. The quantitative estimate of drug-likeness (QED) is 0.341. The summed E-state index contributed by atoms with van der Waals surface area (Å²) in [7, 11) is 1.35. The molecule has 2 N–H and O–H groups in total. The maximum absolute atomic E-state index is 12.3. The molecule has 2 rings (SSSR count). The number of carbonyl (C=O) groups excluding carboxylic acids is 3. The molecule has 0 aliphatic rings. The van der Waals surface area contributed by atoms with E-state index in [1.807, 2.05) is 0 Å². The van der Waals surface area contributed by atoms with Gasteiger partial charge in [-0.2, -0.15) is 0 Å². The Morgan fingerprint density at radius 3 is 2.29 bits per heavy atom. The van der Waals surface area contributed by atoms with Gasteiger partial charge in [0.2, 0.25) is 6.10 Å². The number of benzene rings is 2. The lowest BCUT2D eigenvalue weighted by molar-refractivity contribution is -0.384. The number of nitrogens with zero attached hydrogens (tertiary/aromatic N) is 1. The number of nitrogens with one attached hydrogen (secondary N) is 2. The number of urea groups is 1. The highest BCUT2D eigenvalue weighted by atomic mass is 16.6. The molecule has 9 nitrogen and oxygen atoms in total. The molecule has 0 aromatic heterocycles. The molecular weight excluding hydrogens is 366 g/mol. The lowest BCUT2D eigenvalue weighted by Gasteiger charge is -2.16. The van der Waals surface area contributed by atoms with E-state index in [2.05, 4.69) is 10.6 Å². The SMILES string of the molecule is CNC(=O)NC(=O)[C@@H](OC(=O)/C=C/c1ccc([N+](=O)[O-])cc1)c1ccccc1. The minimum atomic E-state index is -1.33. The smallest absolute Gasteiger partial charge is 0.331 e. The van der Waals surface area contributed by atoms with Crippen LogP contribution in [0.5, 0.6) is 0 Å². The summed E-state index contributed by atoms with van der Waals surface area (Å²) in [5.74, 6) is -1.62. The molecule has 0 saturated heterocycles. The summed E-state index contributed by atoms with van der Waals surface area (Å²) >= 11 is 0. The number of nitro groups is 1. The first-order chi connectivity index (χ1) is 13.4. The summed E-state index contributed by atoms with van der Waals surface area (Å²) in [6.45, 7) is 0. The van der Waals surface area contributed by atoms with Gasteiger partial charge in [-0.1, -0.05) is 30.3 Å². The molecule has 2 aromatic rings. The van der Waals surface area contributed by atoms with Crippen LogP contribution in [0.1, 0.15) is 17.2 Å². The molecule has 1 atom stereocenters. The number of esters is 1. The van der Waals surface area contributed by atoms with Crippen molar-refractivity contribution >= 4 is 29.7 Å². The van der Waals surface area contributed by atoms with Gasteiger partial charge in [-0.15, -0.1) is 0 Å². The minimum Gasteiger partial charge on any atom is -0.444 e. The third-order valence-corrected chi connectivity index (χ3v) is 3.55. The highest BCUT2D eigenvalue weighted by Crippen LogP contribution is 2.18. The Balaban J connectivity index is 2.12. The van der Waals surface area contributed by atoms with Crippen LogP contribution in [0.2, 0.25) is 0 Å². The monoisotopic (exact) mass is 383 g/mol. The van der Waals surface area contributed by atoms with Crippen molar-refractivity contribution in [3.63, 3.8) is 0 Å². The first kappa shape index (κ1) is 20.3. The molecule has 0 unspecified atom stereocenters. The van der Waals surface area contributed by atoms with Gasteiger partial charge in [0.05, 0.1) is 4.92 Å². The molecule has 0 bridgehead atoms. The van der Waals surface area contributed by atoms with Crippen molar-refractivity contribution in [1.29, 1.82) is 0 Å². The minimum absolute atomic E-state index is 0.0743. The molecule has 0 heterocycles. The summed E-state index contributed by atoms with van der Waals surface area (Å²) in [5.41, 5.74) is 0.851. The molecule has 0 spiro atoms. The van der Waals surface area contributed by atoms with Crippen LogP contribution < -0.4 is 10.6 Å². The van der Waals surface area contributed by atoms with E-state index in [1.54, 1.807) is 30.3 Å². The first-order valence-corrected chi connectivity index (χ1v) is 8.11. The lowest BCUT2D eigenvalue weighted by atomic mass is 10.1. The molecule has 0 radical (unpaired) electrons. The van der Waals surface area contributed by atoms with Crippen LogP contribution in [0.4, 0.5) is 10.5 Å². The van der Waals surface area contributed by atoms with Crippen molar-refractivity contribution < 1.29 is 24.0 Å². The van der Waals surface area contributed by atoms with E-state index in [-0.39, 0.29) is 5.69 Å². The number of hydrogen-bond acceptors (Lipinski definition) is 6. The second-order valence-electron chi connectivity index (χ2n) is 5.48. The Hall–Kier alpha value is -4.01. The number of non-ortho nitro benzene ring substituents is 1. The maximum Gasteiger partial charge on any atom is 0.331 e. The summed E-state index contributed by atoms with van der Waals surface area (Å²) in [6, 6.07) is 13.0. The molecule has 28 heavy (non-hydrogen) atoms. The molecule has 9 heteroatoms. The number of amides is 3. The highest BCUT2D eigenvalue weighted by molar-refractivity contribution is 5.98. The van der Waals surface area contributed by atoms with E-state index in [1.165, 1.54) is 37.4 Å². The van der Waals surface area contributed by atoms with Crippen molar-refractivity contribution in [2.24, 2.45) is 0 Å². The van der Waals surface area contributed by atoms with Crippen LogP contribution in [0, 0.1) is 10.1 Å². The van der Waals surface area contributed by atoms with E-state index in [4.69, 9.17) is 4.74 Å². The van der Waals surface area contributed by atoms with Gasteiger partial charge in [-0.05, 0) is 23.8 Å². The van der Waals surface area contributed by atoms with E-state index in [0.717, 1.165) is 6.08 Å². The van der Waals surface area contributed by atoms with Gasteiger partial charge < -0.3 is 10.1 Å². The Labute approximate surface area is 160 Å². The molecular formula is C19H17N3O6. The molecule has 3 amide bonds. The van der Waals surface area contributed by atoms with Gasteiger partial charge >= 0.3 is 12.0 Å². The molecule has 0 fully saturated rings. The van der Waals surface area contributed by atoms with Crippen molar-refractivity contribution in [3.8, 4) is 0 Å². The number of rotatable bonds is 6. The number of carbonyl (C=O) groups is 3. The zero-order chi connectivity index (χ0) is 20.5. The van der Waals surface area contributed by atoms with Crippen molar-refractivity contribution in [3.05, 3.63) is 81.9 Å². The fourth-order valence-electron chi connectivity index (χ4n) is 2.17. The van der Waals surface area contributed by atoms with Crippen molar-refractivity contribution in [2.75, 3.05) is 7.05 Å². The molecule has 0 saturated carbocycles. The molecule has 0 aliphatic carbocycles. The van der Waals surface area contributed by atoms with E-state index in [0.29, 0.717) is 11.1 Å². The van der Waals surface area contributed by atoms with E-state index >= 15 is 0 Å². The molecule has 0 aliphatic heterocycles. The number of hydrogen-bond donors (Lipinski definition) is 2. The second-order valence-corrected chi connectivity index (χ2v) is 5.48. The Morgan fingerprint density at radius 1 is 1.07 bits per heavy atom. The fourth-order valence-corrected chi connectivity index (χ4v) is 2.17. The Morgan fingerprint density at radius 2 is 1.71 bits per heavy atom. The predicted molar refractivity (Wildman–Crippen MR) is 100 cm³/mol. The lowest BCUT2D eigenvalue weighted by Crippen LogP contribution is -2.41. The third kappa shape index (κ3) is 5.77. The van der Waals surface area contributed by atoms with Gasteiger partial charge in [-0.3, -0.25) is 20.2 Å². The number of imide groups is 1. The van der Waals surface area contributed by atoms with Crippen LogP contribution >= 0.6 is 0 Å². The summed E-state index contributed by atoms with van der Waals surface area (Å²) < 4.78 is 5.20. The third-order valence-electron chi connectivity index (χ3n) is 3.55. The van der Waals surface area contributed by atoms with Gasteiger partial charge in [-0.25, -0.2) is 9.59 Å². The van der Waals surface area contributed by atoms with E-state index in [9.17, 15) is 24.5 Å². The van der Waals surface area contributed by atoms with Crippen LogP contribution in [-0.4, -0.2) is 29.9 Å². The highest BCUT2D eigenvalue weighted by Gasteiger charge is 2.25. The van der Waals surface area contributed by atoms with Crippen LogP contribution in [0.3, 0.4) is 0 Å². The zero-order valence-electron chi connectivity index (χ0n) is 14.8. The van der Waals surface area contributed by atoms with Gasteiger partial charge in [0.25, 0.3) is 11.6 Å². The standard InChI is InChI=1S/C19H17N3O6/c1-20-19(25)21-18(24)17(14-5-3-2-4-6-14)28-16(23)12-9-13-7-10-15(11-8-13)22(26)27/h2-12,17H,1H3,(H2,20,21,24,25)/b12-9+/t17-/m0/s1. The van der Waals surface area contributed by atoms with Crippen LogP contribution in [-0.2, 0) is 14.3 Å². The topological polar surface area (TPSA) is 128 Å². The van der Waals surface area contributed by atoms with Gasteiger partial charge in [0, 0.05) is 30.8 Å². The first-order valence-electron chi connectivity index (χ1n) is 8.11. The zero-order valence-corrected chi connectivity index (χ0v) is 14.8. The van der Waals surface area contributed by atoms with Crippen molar-refractivity contribution in [2.45, 2.75) is 6.10 Å². The fraction of sp³-hybridized carbons (Fsp3) is 0.105. The normalized spacial score (nSPS) is 11.5. The van der Waals surface area contributed by atoms with Crippen molar-refractivity contribution in [1.82, 2.24) is 10.6 Å². The number of nitro benzene ring substituents is 1. The summed E-state index contributed by atoms with van der Waals surface area (Å²) in [6.07, 6.45) is 1.15. The van der Waals surface area contributed by atoms with Crippen LogP contribution in [0.25, 0.3) is 6.08 Å². The summed E-state index contributed by atoms with van der Waals surface area (Å²) in [4.78, 5) is 45.9. The molecule has 2 aromatic carbocycles. The maximum atomic E-state index is 12.3. The average molecular weight is 383 g/mol. The van der Waals surface area contributed by atoms with E-state index < -0.39 is 28.9 Å². The second kappa shape index (κ2) is 9.62.